The molecular weight excluding hydrogens is 398 g/mol. The fraction of sp³-hybridized carbons (Fsp3) is 0.296. The Hall–Kier alpha value is -3.15. The number of hydrogen-bond acceptors (Lipinski definition) is 4. The van der Waals surface area contributed by atoms with Crippen molar-refractivity contribution in [3.8, 4) is 11.1 Å². The molecule has 1 saturated carbocycles. The minimum Gasteiger partial charge on any atom is -0.364 e. The molecule has 0 atom stereocenters. The Morgan fingerprint density at radius 2 is 1.84 bits per heavy atom. The highest BCUT2D eigenvalue weighted by atomic mass is 16.5. The molecule has 3 N–H and O–H groups in total. The van der Waals surface area contributed by atoms with Crippen LogP contribution in [0.2, 0.25) is 0 Å². The Morgan fingerprint density at radius 3 is 2.53 bits per heavy atom. The lowest BCUT2D eigenvalue weighted by Gasteiger charge is -2.17. The van der Waals surface area contributed by atoms with Crippen molar-refractivity contribution in [2.24, 2.45) is 5.92 Å². The molecule has 32 heavy (non-hydrogen) atoms. The first-order valence-electron chi connectivity index (χ1n) is 11.3. The molecular formula is C27H29N3O2. The average molecular weight is 428 g/mol. The van der Waals surface area contributed by atoms with E-state index in [2.05, 4.69) is 77.4 Å². The molecule has 5 heteroatoms. The van der Waals surface area contributed by atoms with E-state index >= 15 is 0 Å². The Labute approximate surface area is 188 Å². The number of anilines is 2. The van der Waals surface area contributed by atoms with Gasteiger partial charge in [-0.25, -0.2) is 4.98 Å². The van der Waals surface area contributed by atoms with Crippen LogP contribution < -0.4 is 5.32 Å². The average Bonchev–Trinajstić information content (AvgIpc) is 3.56. The molecule has 5 rings (SSSR count). The quantitative estimate of drug-likeness (QED) is 0.318. The predicted octanol–water partition coefficient (Wildman–Crippen LogP) is 5.96. The van der Waals surface area contributed by atoms with Crippen molar-refractivity contribution in [1.29, 1.82) is 0 Å². The summed E-state index contributed by atoms with van der Waals surface area (Å²) in [5, 5.41) is 24.4. The molecule has 1 aliphatic rings. The van der Waals surface area contributed by atoms with E-state index in [1.807, 2.05) is 18.3 Å². The van der Waals surface area contributed by atoms with E-state index in [0.29, 0.717) is 23.2 Å². The number of hydrogen-bond donors (Lipinski definition) is 3. The Bertz CT molecular complexity index is 1240. The van der Waals surface area contributed by atoms with Gasteiger partial charge in [-0.3, -0.25) is 0 Å². The fourth-order valence-corrected chi connectivity index (χ4v) is 4.38. The molecule has 4 aromatic rings. The number of aliphatic hydroxyl groups excluding tert-OH is 1. The van der Waals surface area contributed by atoms with Crippen LogP contribution in [0.25, 0.3) is 22.0 Å². The standard InChI is InChI=1S/C27H29N3O2/c1-17(2)16-30-11-10-20-12-22(14-23(25(20)30)19-6-4-3-5-7-19)29-26-24(27(31)32)13-21(15-28-26)18-8-9-18/h3-7,10-15,17-18,27,31-32H,8-9,16H2,1-2H3,(H,28,29). The van der Waals surface area contributed by atoms with Crippen molar-refractivity contribution < 1.29 is 10.2 Å². The molecule has 1 aliphatic carbocycles. The Balaban J connectivity index is 1.60. The molecule has 0 bridgehead atoms. The van der Waals surface area contributed by atoms with Crippen LogP contribution in [-0.4, -0.2) is 19.8 Å². The van der Waals surface area contributed by atoms with Gasteiger partial charge in [0.2, 0.25) is 0 Å². The number of aliphatic hydroxyl groups is 2. The monoisotopic (exact) mass is 427 g/mol. The van der Waals surface area contributed by atoms with Gasteiger partial charge in [0.15, 0.2) is 6.29 Å². The molecule has 2 heterocycles. The molecule has 0 saturated heterocycles. The number of nitrogens with one attached hydrogen (secondary N) is 1. The minimum atomic E-state index is -1.58. The third kappa shape index (κ3) is 4.14. The number of benzene rings is 2. The van der Waals surface area contributed by atoms with Crippen molar-refractivity contribution in [3.63, 3.8) is 0 Å². The maximum absolute atomic E-state index is 9.97. The van der Waals surface area contributed by atoms with Crippen molar-refractivity contribution in [2.75, 3.05) is 5.32 Å². The summed E-state index contributed by atoms with van der Waals surface area (Å²) in [4.78, 5) is 4.55. The lowest BCUT2D eigenvalue weighted by Crippen LogP contribution is -2.06. The van der Waals surface area contributed by atoms with E-state index in [-0.39, 0.29) is 0 Å². The summed E-state index contributed by atoms with van der Waals surface area (Å²) in [5.41, 5.74) is 5.83. The molecule has 0 unspecified atom stereocenters. The lowest BCUT2D eigenvalue weighted by molar-refractivity contribution is -0.0421. The summed E-state index contributed by atoms with van der Waals surface area (Å²) in [6.07, 6.45) is 4.70. The van der Waals surface area contributed by atoms with Gasteiger partial charge in [-0.05, 0) is 60.1 Å². The first-order chi connectivity index (χ1) is 15.5. The molecule has 2 aromatic carbocycles. The summed E-state index contributed by atoms with van der Waals surface area (Å²) in [5.74, 6) is 1.51. The van der Waals surface area contributed by atoms with Gasteiger partial charge >= 0.3 is 0 Å². The van der Waals surface area contributed by atoms with Gasteiger partial charge in [0.05, 0.1) is 11.1 Å². The summed E-state index contributed by atoms with van der Waals surface area (Å²) in [6, 6.07) is 18.6. The predicted molar refractivity (Wildman–Crippen MR) is 129 cm³/mol. The van der Waals surface area contributed by atoms with E-state index in [9.17, 15) is 10.2 Å². The van der Waals surface area contributed by atoms with Gasteiger partial charge in [0.25, 0.3) is 0 Å². The van der Waals surface area contributed by atoms with Crippen LogP contribution in [0.1, 0.15) is 50.0 Å². The van der Waals surface area contributed by atoms with Crippen LogP contribution in [0.3, 0.4) is 0 Å². The van der Waals surface area contributed by atoms with Crippen molar-refractivity contribution in [3.05, 3.63) is 78.1 Å². The van der Waals surface area contributed by atoms with E-state index in [1.165, 1.54) is 5.52 Å². The topological polar surface area (TPSA) is 70.3 Å². The molecule has 0 aliphatic heterocycles. The fourth-order valence-electron chi connectivity index (χ4n) is 4.38. The van der Waals surface area contributed by atoms with Gasteiger partial charge in [-0.1, -0.05) is 44.2 Å². The molecule has 0 spiro atoms. The zero-order valence-corrected chi connectivity index (χ0v) is 18.5. The molecule has 2 aromatic heterocycles. The van der Waals surface area contributed by atoms with E-state index in [4.69, 9.17) is 0 Å². The highest BCUT2D eigenvalue weighted by Gasteiger charge is 2.26. The molecule has 0 amide bonds. The second-order valence-corrected chi connectivity index (χ2v) is 9.17. The second-order valence-electron chi connectivity index (χ2n) is 9.17. The summed E-state index contributed by atoms with van der Waals surface area (Å²) < 4.78 is 2.32. The number of fused-ring (bicyclic) bond motifs is 1. The van der Waals surface area contributed by atoms with Gasteiger partial charge < -0.3 is 20.1 Å². The molecule has 1 fully saturated rings. The van der Waals surface area contributed by atoms with Crippen LogP contribution in [0.15, 0.2) is 67.0 Å². The molecule has 5 nitrogen and oxygen atoms in total. The van der Waals surface area contributed by atoms with Crippen molar-refractivity contribution in [1.82, 2.24) is 9.55 Å². The smallest absolute Gasteiger partial charge is 0.182 e. The maximum Gasteiger partial charge on any atom is 0.182 e. The van der Waals surface area contributed by atoms with Crippen LogP contribution >= 0.6 is 0 Å². The van der Waals surface area contributed by atoms with Crippen LogP contribution in [0.4, 0.5) is 11.5 Å². The summed E-state index contributed by atoms with van der Waals surface area (Å²) in [7, 11) is 0. The van der Waals surface area contributed by atoms with Crippen molar-refractivity contribution >= 4 is 22.4 Å². The lowest BCUT2D eigenvalue weighted by atomic mass is 10.0. The normalized spacial score (nSPS) is 13.9. The Morgan fingerprint density at radius 1 is 1.06 bits per heavy atom. The van der Waals surface area contributed by atoms with Crippen LogP contribution in [-0.2, 0) is 6.54 Å². The first kappa shape index (κ1) is 20.7. The zero-order chi connectivity index (χ0) is 22.2. The molecule has 0 radical (unpaired) electrons. The summed E-state index contributed by atoms with van der Waals surface area (Å²) in [6.45, 7) is 5.40. The van der Waals surface area contributed by atoms with Gasteiger partial charge in [0, 0.05) is 35.6 Å². The third-order valence-corrected chi connectivity index (χ3v) is 6.04. The highest BCUT2D eigenvalue weighted by Crippen LogP contribution is 2.41. The second kappa shape index (κ2) is 8.41. The van der Waals surface area contributed by atoms with Gasteiger partial charge in [-0.15, -0.1) is 0 Å². The highest BCUT2D eigenvalue weighted by molar-refractivity contribution is 5.98. The van der Waals surface area contributed by atoms with Crippen molar-refractivity contribution in [2.45, 2.75) is 45.4 Å². The zero-order valence-electron chi connectivity index (χ0n) is 18.5. The minimum absolute atomic E-state index is 0.410. The largest absolute Gasteiger partial charge is 0.364 e. The van der Waals surface area contributed by atoms with Crippen LogP contribution in [0, 0.1) is 5.92 Å². The SMILES string of the molecule is CC(C)Cn1ccc2cc(Nc3ncc(C4CC4)cc3C(O)O)cc(-c3ccccc3)c21. The van der Waals surface area contributed by atoms with E-state index in [0.717, 1.165) is 47.2 Å². The Kier molecular flexibility index (Phi) is 5.45. The number of pyridine rings is 1. The summed E-state index contributed by atoms with van der Waals surface area (Å²) >= 11 is 0. The maximum atomic E-state index is 9.97. The molecule has 164 valence electrons. The third-order valence-electron chi connectivity index (χ3n) is 6.04. The number of aromatic nitrogens is 2. The number of nitrogens with zero attached hydrogens (tertiary/aromatic N) is 2. The van der Waals surface area contributed by atoms with E-state index < -0.39 is 6.29 Å². The van der Waals surface area contributed by atoms with Gasteiger partial charge in [-0.2, -0.15) is 0 Å². The first-order valence-corrected chi connectivity index (χ1v) is 11.3. The van der Waals surface area contributed by atoms with E-state index in [1.54, 1.807) is 0 Å². The van der Waals surface area contributed by atoms with Gasteiger partial charge in [0.1, 0.15) is 5.82 Å². The number of rotatable bonds is 7. The van der Waals surface area contributed by atoms with Crippen LogP contribution in [0.5, 0.6) is 0 Å².